The monoisotopic (exact) mass is 761 g/mol. The van der Waals surface area contributed by atoms with Crippen LogP contribution < -0.4 is 4.90 Å². The molecular weight excluding hydrogens is 727 g/mol. The summed E-state index contributed by atoms with van der Waals surface area (Å²) in [5, 5.41) is 7.88. The highest BCUT2D eigenvalue weighted by molar-refractivity contribution is 7.26. The Morgan fingerprint density at radius 3 is 1.86 bits per heavy atom. The van der Waals surface area contributed by atoms with Crippen molar-refractivity contribution in [2.45, 2.75) is 12.3 Å². The number of rotatable bonds is 5. The minimum absolute atomic E-state index is 0.232. The number of fused-ring (bicyclic) bond motifs is 10. The highest BCUT2D eigenvalue weighted by Gasteiger charge is 2.28. The molecule has 1 atom stereocenters. The molecule has 1 aliphatic rings. The minimum atomic E-state index is 0.232. The zero-order chi connectivity index (χ0) is 37.5. The second-order valence-electron chi connectivity index (χ2n) is 15.2. The zero-order valence-electron chi connectivity index (χ0n) is 31.0. The van der Waals surface area contributed by atoms with Crippen molar-refractivity contribution < 1.29 is 0 Å². The maximum atomic E-state index is 2.51. The summed E-state index contributed by atoms with van der Waals surface area (Å²) in [4.78, 5) is 2.42. The molecule has 0 fully saturated rings. The van der Waals surface area contributed by atoms with Crippen LogP contribution in [0.3, 0.4) is 0 Å². The summed E-state index contributed by atoms with van der Waals surface area (Å²) in [6.45, 7) is 0. The summed E-state index contributed by atoms with van der Waals surface area (Å²) < 4.78 is 5.29. The lowest BCUT2D eigenvalue weighted by atomic mass is 9.74. The fraction of sp³-hybridized carbons (Fsp3) is 0.0370. The summed E-state index contributed by atoms with van der Waals surface area (Å²) in [6.07, 6.45) is 0.975. The minimum Gasteiger partial charge on any atom is -0.309 e. The number of anilines is 3. The van der Waals surface area contributed by atoms with Crippen molar-refractivity contribution in [1.82, 2.24) is 0 Å². The summed E-state index contributed by atoms with van der Waals surface area (Å²) in [5.41, 5.74) is 13.0. The van der Waals surface area contributed by atoms with Gasteiger partial charge in [-0.05, 0) is 123 Å². The van der Waals surface area contributed by atoms with Gasteiger partial charge in [0.2, 0.25) is 0 Å². The molecule has 1 unspecified atom stereocenters. The molecule has 9 aromatic carbocycles. The van der Waals surface area contributed by atoms with Crippen LogP contribution >= 0.6 is 22.7 Å². The Labute approximate surface area is 339 Å². The van der Waals surface area contributed by atoms with Crippen molar-refractivity contribution in [1.29, 1.82) is 0 Å². The van der Waals surface area contributed by atoms with Crippen LogP contribution in [0.1, 0.15) is 22.6 Å². The highest BCUT2D eigenvalue weighted by atomic mass is 32.1. The van der Waals surface area contributed by atoms with Gasteiger partial charge in [0.05, 0.1) is 10.4 Å². The quantitative estimate of drug-likeness (QED) is 0.169. The number of thiophene rings is 2. The topological polar surface area (TPSA) is 3.24 Å². The summed E-state index contributed by atoms with van der Waals surface area (Å²) in [5.74, 6) is 0.232. The van der Waals surface area contributed by atoms with Crippen molar-refractivity contribution in [2.24, 2.45) is 0 Å². The maximum Gasteiger partial charge on any atom is 0.0640 e. The van der Waals surface area contributed by atoms with E-state index in [1.54, 1.807) is 0 Å². The van der Waals surface area contributed by atoms with Gasteiger partial charge < -0.3 is 4.90 Å². The van der Waals surface area contributed by atoms with Gasteiger partial charge in [0.25, 0.3) is 0 Å². The van der Waals surface area contributed by atoms with Gasteiger partial charge in [-0.25, -0.2) is 0 Å². The van der Waals surface area contributed by atoms with Gasteiger partial charge in [-0.2, -0.15) is 0 Å². The second-order valence-corrected chi connectivity index (χ2v) is 17.3. The third kappa shape index (κ3) is 5.27. The molecule has 2 aromatic heterocycles. The first-order valence-electron chi connectivity index (χ1n) is 19.7. The number of benzene rings is 9. The summed E-state index contributed by atoms with van der Waals surface area (Å²) >= 11 is 3.79. The van der Waals surface area contributed by atoms with E-state index >= 15 is 0 Å². The first-order chi connectivity index (χ1) is 28.2. The van der Waals surface area contributed by atoms with Crippen molar-refractivity contribution in [2.75, 3.05) is 4.90 Å². The first kappa shape index (κ1) is 32.7. The molecule has 3 heteroatoms. The molecule has 0 N–H and O–H groups in total. The molecule has 11 aromatic rings. The molecule has 57 heavy (non-hydrogen) atoms. The van der Waals surface area contributed by atoms with E-state index in [0.717, 1.165) is 17.8 Å². The van der Waals surface area contributed by atoms with Gasteiger partial charge in [0.1, 0.15) is 0 Å². The van der Waals surface area contributed by atoms with Crippen LogP contribution in [-0.2, 0) is 6.42 Å². The van der Waals surface area contributed by atoms with Gasteiger partial charge in [-0.3, -0.25) is 0 Å². The van der Waals surface area contributed by atoms with Gasteiger partial charge in [0.15, 0.2) is 0 Å². The highest BCUT2D eigenvalue weighted by Crippen LogP contribution is 2.49. The molecule has 0 saturated heterocycles. The Kier molecular flexibility index (Phi) is 7.47. The first-order valence-corrected chi connectivity index (χ1v) is 21.3. The Hall–Kier alpha value is -6.52. The molecule has 0 radical (unpaired) electrons. The van der Waals surface area contributed by atoms with Gasteiger partial charge in [0, 0.05) is 52.9 Å². The van der Waals surface area contributed by atoms with Crippen molar-refractivity contribution >= 4 is 90.9 Å². The Morgan fingerprint density at radius 1 is 0.421 bits per heavy atom. The van der Waals surface area contributed by atoms with Crippen LogP contribution in [0.15, 0.2) is 194 Å². The average molecular weight is 762 g/mol. The average Bonchev–Trinajstić information content (AvgIpc) is 3.85. The molecule has 2 heterocycles. The third-order valence-electron chi connectivity index (χ3n) is 12.0. The Balaban J connectivity index is 1.04. The molecule has 0 saturated carbocycles. The predicted octanol–water partition coefficient (Wildman–Crippen LogP) is 16.1. The smallest absolute Gasteiger partial charge is 0.0640 e. The SMILES string of the molecule is c1ccc(N(c2ccc(-c3cc(C4Cc5ccccc5-c5cc6ccccc6cc54)cc4c3sc3ccccc34)cc2)c2cccc3c2sc2ccccc23)cc1. The Bertz CT molecular complexity index is 3330. The van der Waals surface area contributed by atoms with E-state index in [4.69, 9.17) is 0 Å². The lowest BCUT2D eigenvalue weighted by molar-refractivity contribution is 0.797. The van der Waals surface area contributed by atoms with Gasteiger partial charge >= 0.3 is 0 Å². The van der Waals surface area contributed by atoms with Crippen LogP contribution in [0.5, 0.6) is 0 Å². The van der Waals surface area contributed by atoms with E-state index in [-0.39, 0.29) is 5.92 Å². The van der Waals surface area contributed by atoms with Crippen molar-refractivity contribution in [3.8, 4) is 22.3 Å². The van der Waals surface area contributed by atoms with Crippen molar-refractivity contribution in [3.63, 3.8) is 0 Å². The van der Waals surface area contributed by atoms with Crippen LogP contribution in [0, 0.1) is 0 Å². The normalized spacial score (nSPS) is 13.7. The number of hydrogen-bond donors (Lipinski definition) is 0. The molecule has 268 valence electrons. The Morgan fingerprint density at radius 2 is 1.05 bits per heavy atom. The third-order valence-corrected chi connectivity index (χ3v) is 14.4. The molecule has 1 nitrogen and oxygen atoms in total. The maximum absolute atomic E-state index is 2.51. The zero-order valence-corrected chi connectivity index (χ0v) is 32.7. The fourth-order valence-electron chi connectivity index (χ4n) is 9.34. The largest absolute Gasteiger partial charge is 0.309 e. The van der Waals surface area contributed by atoms with Crippen LogP contribution in [0.25, 0.3) is 73.4 Å². The number of hydrogen-bond acceptors (Lipinski definition) is 3. The molecule has 0 bridgehead atoms. The lowest BCUT2D eigenvalue weighted by Gasteiger charge is -2.29. The van der Waals surface area contributed by atoms with E-state index in [1.165, 1.54) is 95.7 Å². The van der Waals surface area contributed by atoms with E-state index in [9.17, 15) is 0 Å². The second kappa shape index (κ2) is 13.0. The van der Waals surface area contributed by atoms with E-state index in [2.05, 4.69) is 199 Å². The van der Waals surface area contributed by atoms with Crippen LogP contribution in [-0.4, -0.2) is 0 Å². The summed E-state index contributed by atoms with van der Waals surface area (Å²) in [6, 6.07) is 72.3. The van der Waals surface area contributed by atoms with Gasteiger partial charge in [-0.15, -0.1) is 22.7 Å². The number of nitrogens with zero attached hydrogens (tertiary/aromatic N) is 1. The van der Waals surface area contributed by atoms with E-state index in [1.807, 2.05) is 22.7 Å². The summed E-state index contributed by atoms with van der Waals surface area (Å²) in [7, 11) is 0. The van der Waals surface area contributed by atoms with Crippen molar-refractivity contribution in [3.05, 3.63) is 211 Å². The van der Waals surface area contributed by atoms with Crippen LogP contribution in [0.4, 0.5) is 17.1 Å². The lowest BCUT2D eigenvalue weighted by Crippen LogP contribution is -2.13. The number of para-hydroxylation sites is 1. The molecule has 0 spiro atoms. The van der Waals surface area contributed by atoms with E-state index < -0.39 is 0 Å². The van der Waals surface area contributed by atoms with Gasteiger partial charge in [-0.1, -0.05) is 127 Å². The fourth-order valence-corrected chi connectivity index (χ4v) is 11.8. The predicted molar refractivity (Wildman–Crippen MR) is 247 cm³/mol. The standard InChI is InChI=1S/C54H35NS2/c1-2-16-39(17-3-1)55(50-22-12-21-44-42-19-8-10-23-51(42)57-54(44)50)40-27-25-34(26-28-40)46-32-38(33-49-43-20-9-11-24-52(43)56-53(46)49)45-31-37-15-6-7-18-41(37)47-29-35-13-4-5-14-36(35)30-48(45)47/h1-30,32-33,45H,31H2. The van der Waals surface area contributed by atoms with E-state index in [0.29, 0.717) is 0 Å². The molecular formula is C54H35NS2. The molecule has 1 aliphatic carbocycles. The molecule has 12 rings (SSSR count). The molecule has 0 amide bonds. The molecule has 0 aliphatic heterocycles. The van der Waals surface area contributed by atoms with Crippen LogP contribution in [0.2, 0.25) is 0 Å².